The van der Waals surface area contributed by atoms with Gasteiger partial charge in [-0.2, -0.15) is 0 Å². The molecular weight excluding hydrogens is 359 g/mol. The minimum atomic E-state index is -0.457. The summed E-state index contributed by atoms with van der Waals surface area (Å²) in [5.41, 5.74) is 1.92. The smallest absolute Gasteiger partial charge is 0.317 e. The summed E-state index contributed by atoms with van der Waals surface area (Å²) in [4.78, 5) is 25.4. The number of piperidine rings is 1. The summed E-state index contributed by atoms with van der Waals surface area (Å²) in [6.07, 6.45) is 4.56. The van der Waals surface area contributed by atoms with E-state index in [1.54, 1.807) is 6.20 Å². The molecule has 2 amide bonds. The predicted molar refractivity (Wildman–Crippen MR) is 107 cm³/mol. The number of aromatic nitrogens is 3. The van der Waals surface area contributed by atoms with Crippen molar-refractivity contribution in [1.82, 2.24) is 25.2 Å². The third-order valence-electron chi connectivity index (χ3n) is 5.03. The molecule has 0 aliphatic carbocycles. The molecule has 1 fully saturated rings. The van der Waals surface area contributed by atoms with Gasteiger partial charge in [0.25, 0.3) is 0 Å². The normalized spacial score (nSPS) is 15.0. The van der Waals surface area contributed by atoms with Crippen molar-refractivity contribution in [2.24, 2.45) is 0 Å². The molecule has 1 aliphatic heterocycles. The van der Waals surface area contributed by atoms with Crippen molar-refractivity contribution in [2.75, 3.05) is 25.0 Å². The maximum Gasteiger partial charge on any atom is 0.317 e. The van der Waals surface area contributed by atoms with Crippen LogP contribution in [-0.2, 0) is 0 Å². The Bertz CT molecular complexity index is 980. The standard InChI is InChI=1S/C20H23FN6O/c1-2-22-20(28)27-9-7-13(8-10-27)25-19-24-12-16(21)18(26-19)15-11-23-17-6-4-3-5-14(15)17/h3-6,11-13,23H,2,7-10H2,1H3,(H,22,28)(H,24,25,26). The second-order valence-corrected chi connectivity index (χ2v) is 6.88. The topological polar surface area (TPSA) is 85.9 Å². The lowest BCUT2D eigenvalue weighted by molar-refractivity contribution is 0.184. The first-order chi connectivity index (χ1) is 13.7. The Morgan fingerprint density at radius 3 is 2.89 bits per heavy atom. The lowest BCUT2D eigenvalue weighted by Gasteiger charge is -2.32. The van der Waals surface area contributed by atoms with Crippen molar-refractivity contribution in [3.63, 3.8) is 0 Å². The van der Waals surface area contributed by atoms with Crippen LogP contribution in [0.5, 0.6) is 0 Å². The molecule has 0 spiro atoms. The number of fused-ring (bicyclic) bond motifs is 1. The zero-order chi connectivity index (χ0) is 19.5. The zero-order valence-electron chi connectivity index (χ0n) is 15.7. The van der Waals surface area contributed by atoms with E-state index >= 15 is 0 Å². The number of hydrogen-bond donors (Lipinski definition) is 3. The van der Waals surface area contributed by atoms with Gasteiger partial charge in [0.05, 0.1) is 6.20 Å². The van der Waals surface area contributed by atoms with Crippen LogP contribution < -0.4 is 10.6 Å². The molecule has 0 unspecified atom stereocenters. The van der Waals surface area contributed by atoms with Gasteiger partial charge in [-0.05, 0) is 25.8 Å². The summed E-state index contributed by atoms with van der Waals surface area (Å²) in [5, 5.41) is 7.03. The van der Waals surface area contributed by atoms with Crippen LogP contribution in [0.1, 0.15) is 19.8 Å². The Morgan fingerprint density at radius 1 is 1.32 bits per heavy atom. The molecule has 1 aromatic carbocycles. The summed E-state index contributed by atoms with van der Waals surface area (Å²) < 4.78 is 14.4. The molecule has 3 N–H and O–H groups in total. The molecule has 28 heavy (non-hydrogen) atoms. The SMILES string of the molecule is CCNC(=O)N1CCC(Nc2ncc(F)c(-c3c[nH]c4ccccc34)n2)CC1. The number of benzene rings is 1. The number of aromatic amines is 1. The van der Waals surface area contributed by atoms with Crippen LogP contribution in [0, 0.1) is 5.82 Å². The first-order valence-electron chi connectivity index (χ1n) is 9.54. The molecular formula is C20H23FN6O. The molecule has 1 aliphatic rings. The molecule has 0 atom stereocenters. The van der Waals surface area contributed by atoms with Gasteiger partial charge in [-0.25, -0.2) is 19.2 Å². The quantitative estimate of drug-likeness (QED) is 0.646. The second-order valence-electron chi connectivity index (χ2n) is 6.88. The van der Waals surface area contributed by atoms with Crippen molar-refractivity contribution in [3.05, 3.63) is 42.5 Å². The van der Waals surface area contributed by atoms with Crippen LogP contribution in [0.4, 0.5) is 15.1 Å². The van der Waals surface area contributed by atoms with Crippen LogP contribution in [-0.4, -0.2) is 51.6 Å². The molecule has 2 aromatic heterocycles. The summed E-state index contributed by atoms with van der Waals surface area (Å²) in [7, 11) is 0. The number of urea groups is 1. The highest BCUT2D eigenvalue weighted by atomic mass is 19.1. The van der Waals surface area contributed by atoms with Crippen LogP contribution in [0.25, 0.3) is 22.2 Å². The van der Waals surface area contributed by atoms with E-state index < -0.39 is 5.82 Å². The average Bonchev–Trinajstić information content (AvgIpc) is 3.14. The molecule has 8 heteroatoms. The number of nitrogens with one attached hydrogen (secondary N) is 3. The highest BCUT2D eigenvalue weighted by Crippen LogP contribution is 2.29. The molecule has 3 heterocycles. The van der Waals surface area contributed by atoms with Gasteiger partial charge in [0.15, 0.2) is 5.82 Å². The van der Waals surface area contributed by atoms with Crippen molar-refractivity contribution >= 4 is 22.9 Å². The average molecular weight is 382 g/mol. The van der Waals surface area contributed by atoms with Gasteiger partial charge < -0.3 is 20.5 Å². The first-order valence-corrected chi connectivity index (χ1v) is 9.54. The fourth-order valence-corrected chi connectivity index (χ4v) is 3.57. The highest BCUT2D eigenvalue weighted by molar-refractivity contribution is 5.94. The lowest BCUT2D eigenvalue weighted by atomic mass is 10.1. The van der Waals surface area contributed by atoms with Gasteiger partial charge in [-0.3, -0.25) is 0 Å². The van der Waals surface area contributed by atoms with Gasteiger partial charge >= 0.3 is 6.03 Å². The Morgan fingerprint density at radius 2 is 2.11 bits per heavy atom. The van der Waals surface area contributed by atoms with E-state index in [2.05, 4.69) is 25.6 Å². The van der Waals surface area contributed by atoms with E-state index in [0.717, 1.165) is 23.7 Å². The molecule has 7 nitrogen and oxygen atoms in total. The number of rotatable bonds is 4. The summed E-state index contributed by atoms with van der Waals surface area (Å²) in [6, 6.07) is 7.85. The largest absolute Gasteiger partial charge is 0.360 e. The number of carbonyl (C=O) groups excluding carboxylic acids is 1. The number of halogens is 1. The molecule has 0 saturated carbocycles. The van der Waals surface area contributed by atoms with Crippen LogP contribution in [0.15, 0.2) is 36.7 Å². The number of hydrogen-bond acceptors (Lipinski definition) is 4. The summed E-state index contributed by atoms with van der Waals surface area (Å²) >= 11 is 0. The summed E-state index contributed by atoms with van der Waals surface area (Å²) in [6.45, 7) is 3.86. The van der Waals surface area contributed by atoms with Crippen LogP contribution >= 0.6 is 0 Å². The fourth-order valence-electron chi connectivity index (χ4n) is 3.57. The first kappa shape index (κ1) is 18.2. The number of anilines is 1. The van der Waals surface area contributed by atoms with E-state index in [4.69, 9.17) is 0 Å². The molecule has 1 saturated heterocycles. The number of carbonyl (C=O) groups is 1. The number of likely N-dealkylation sites (tertiary alicyclic amines) is 1. The monoisotopic (exact) mass is 382 g/mol. The van der Waals surface area contributed by atoms with Crippen molar-refractivity contribution < 1.29 is 9.18 Å². The van der Waals surface area contributed by atoms with Crippen molar-refractivity contribution in [3.8, 4) is 11.3 Å². The van der Waals surface area contributed by atoms with Crippen LogP contribution in [0.2, 0.25) is 0 Å². The number of para-hydroxylation sites is 1. The maximum atomic E-state index is 14.4. The highest BCUT2D eigenvalue weighted by Gasteiger charge is 2.23. The molecule has 146 valence electrons. The minimum absolute atomic E-state index is 0.0272. The van der Waals surface area contributed by atoms with Gasteiger partial charge in [-0.15, -0.1) is 0 Å². The summed E-state index contributed by atoms with van der Waals surface area (Å²) in [5.74, 6) is -0.0560. The van der Waals surface area contributed by atoms with Gasteiger partial charge in [-0.1, -0.05) is 18.2 Å². The third-order valence-corrected chi connectivity index (χ3v) is 5.03. The zero-order valence-corrected chi connectivity index (χ0v) is 15.7. The van der Waals surface area contributed by atoms with Crippen molar-refractivity contribution in [1.29, 1.82) is 0 Å². The van der Waals surface area contributed by atoms with E-state index in [-0.39, 0.29) is 17.8 Å². The predicted octanol–water partition coefficient (Wildman–Crippen LogP) is 3.37. The number of H-pyrrole nitrogens is 1. The maximum absolute atomic E-state index is 14.4. The van der Waals surface area contributed by atoms with E-state index in [0.29, 0.717) is 31.1 Å². The van der Waals surface area contributed by atoms with E-state index in [1.807, 2.05) is 36.1 Å². The van der Waals surface area contributed by atoms with Crippen molar-refractivity contribution in [2.45, 2.75) is 25.8 Å². The third kappa shape index (κ3) is 3.62. The molecule has 0 bridgehead atoms. The second kappa shape index (κ2) is 7.84. The Hall–Kier alpha value is -3.16. The van der Waals surface area contributed by atoms with Gasteiger partial charge in [0.2, 0.25) is 5.95 Å². The fraction of sp³-hybridized carbons (Fsp3) is 0.350. The molecule has 4 rings (SSSR count). The van der Waals surface area contributed by atoms with Gasteiger partial charge in [0.1, 0.15) is 5.69 Å². The van der Waals surface area contributed by atoms with E-state index in [1.165, 1.54) is 6.20 Å². The Balaban J connectivity index is 1.49. The number of amides is 2. The van der Waals surface area contributed by atoms with Gasteiger partial charge in [0, 0.05) is 48.3 Å². The van der Waals surface area contributed by atoms with E-state index in [9.17, 15) is 9.18 Å². The Labute approximate surface area is 162 Å². The number of nitrogens with zero attached hydrogens (tertiary/aromatic N) is 3. The van der Waals surface area contributed by atoms with Crippen LogP contribution in [0.3, 0.4) is 0 Å². The lowest BCUT2D eigenvalue weighted by Crippen LogP contribution is -2.46. The Kier molecular flexibility index (Phi) is 5.10. The minimum Gasteiger partial charge on any atom is -0.360 e. The molecule has 3 aromatic rings. The molecule has 0 radical (unpaired) electrons.